The van der Waals surface area contributed by atoms with E-state index in [1.54, 1.807) is 12.3 Å². The molecular formula is C11H11N3. The van der Waals surface area contributed by atoms with E-state index in [9.17, 15) is 0 Å². The van der Waals surface area contributed by atoms with Gasteiger partial charge in [-0.05, 0) is 18.6 Å². The van der Waals surface area contributed by atoms with Crippen molar-refractivity contribution in [3.8, 4) is 6.19 Å². The average Bonchev–Trinajstić information content (AvgIpc) is 2.17. The lowest BCUT2D eigenvalue weighted by molar-refractivity contribution is 1.42. The standard InChI is InChI=1S/C11H11N3/c1-9-2-4-10(5-3-9)6-7-11(13)14-8-12/h2-7H,1H3,(H2,13,14)/b7-6+. The van der Waals surface area contributed by atoms with Gasteiger partial charge in [-0.1, -0.05) is 35.9 Å². The van der Waals surface area contributed by atoms with Gasteiger partial charge in [-0.25, -0.2) is 0 Å². The van der Waals surface area contributed by atoms with Gasteiger partial charge in [0.15, 0.2) is 0 Å². The number of aryl methyl sites for hydroxylation is 1. The lowest BCUT2D eigenvalue weighted by Gasteiger charge is -1.93. The van der Waals surface area contributed by atoms with E-state index in [0.29, 0.717) is 0 Å². The van der Waals surface area contributed by atoms with Crippen molar-refractivity contribution in [2.45, 2.75) is 6.92 Å². The second-order valence-electron chi connectivity index (χ2n) is 2.88. The maximum absolute atomic E-state index is 8.22. The minimum atomic E-state index is 0.216. The van der Waals surface area contributed by atoms with Crippen LogP contribution in [0, 0.1) is 18.4 Å². The summed E-state index contributed by atoms with van der Waals surface area (Å²) in [7, 11) is 0. The molecule has 70 valence electrons. The zero-order valence-corrected chi connectivity index (χ0v) is 7.94. The lowest BCUT2D eigenvalue weighted by atomic mass is 10.1. The molecule has 1 aromatic rings. The topological polar surface area (TPSA) is 62.2 Å². The van der Waals surface area contributed by atoms with Crippen LogP contribution in [0.4, 0.5) is 0 Å². The van der Waals surface area contributed by atoms with Gasteiger partial charge < -0.3 is 5.73 Å². The number of benzene rings is 1. The summed E-state index contributed by atoms with van der Waals surface area (Å²) in [5.74, 6) is 0.216. The highest BCUT2D eigenvalue weighted by Crippen LogP contribution is 2.04. The Morgan fingerprint density at radius 2 is 2.07 bits per heavy atom. The maximum atomic E-state index is 8.22. The second kappa shape index (κ2) is 4.83. The molecule has 0 amide bonds. The van der Waals surface area contributed by atoms with Gasteiger partial charge in [0.05, 0.1) is 0 Å². The smallest absolute Gasteiger partial charge is 0.207 e. The van der Waals surface area contributed by atoms with Crippen molar-refractivity contribution < 1.29 is 0 Å². The van der Waals surface area contributed by atoms with Gasteiger partial charge in [0.2, 0.25) is 6.19 Å². The minimum absolute atomic E-state index is 0.216. The Hall–Kier alpha value is -2.08. The first kappa shape index (κ1) is 10.0. The Bertz CT molecular complexity index is 394. The summed E-state index contributed by atoms with van der Waals surface area (Å²) < 4.78 is 0. The molecule has 0 spiro atoms. The Morgan fingerprint density at radius 1 is 1.43 bits per heavy atom. The van der Waals surface area contributed by atoms with Crippen molar-refractivity contribution in [1.29, 1.82) is 5.26 Å². The molecule has 0 aromatic heterocycles. The van der Waals surface area contributed by atoms with Gasteiger partial charge in [-0.2, -0.15) is 10.3 Å². The van der Waals surface area contributed by atoms with E-state index in [-0.39, 0.29) is 5.84 Å². The SMILES string of the molecule is Cc1ccc(/C=C/C(N)=NC#N)cc1. The summed E-state index contributed by atoms with van der Waals surface area (Å²) in [6.45, 7) is 2.03. The summed E-state index contributed by atoms with van der Waals surface area (Å²) in [5, 5.41) is 8.22. The Labute approximate surface area is 83.2 Å². The zero-order chi connectivity index (χ0) is 10.4. The number of nitrogens with zero attached hydrogens (tertiary/aromatic N) is 2. The van der Waals surface area contributed by atoms with Gasteiger partial charge >= 0.3 is 0 Å². The number of nitriles is 1. The molecule has 14 heavy (non-hydrogen) atoms. The van der Waals surface area contributed by atoms with E-state index in [1.807, 2.05) is 37.3 Å². The van der Waals surface area contributed by atoms with E-state index < -0.39 is 0 Å². The largest absolute Gasteiger partial charge is 0.383 e. The summed E-state index contributed by atoms with van der Waals surface area (Å²) in [6.07, 6.45) is 5.04. The van der Waals surface area contributed by atoms with Crippen LogP contribution in [-0.4, -0.2) is 5.84 Å². The highest BCUT2D eigenvalue weighted by molar-refractivity contribution is 5.95. The van der Waals surface area contributed by atoms with Crippen LogP contribution in [-0.2, 0) is 0 Å². The number of hydrogen-bond donors (Lipinski definition) is 1. The monoisotopic (exact) mass is 185 g/mol. The van der Waals surface area contributed by atoms with E-state index in [4.69, 9.17) is 11.0 Å². The predicted molar refractivity (Wildman–Crippen MR) is 57.4 cm³/mol. The highest BCUT2D eigenvalue weighted by Gasteiger charge is 1.87. The predicted octanol–water partition coefficient (Wildman–Crippen LogP) is 1.85. The molecule has 1 aromatic carbocycles. The van der Waals surface area contributed by atoms with Crippen LogP contribution in [0.3, 0.4) is 0 Å². The minimum Gasteiger partial charge on any atom is -0.383 e. The van der Waals surface area contributed by atoms with Gasteiger partial charge in [0.25, 0.3) is 0 Å². The molecule has 0 unspecified atom stereocenters. The number of hydrogen-bond acceptors (Lipinski definition) is 2. The normalized spacial score (nSPS) is 11.6. The zero-order valence-electron chi connectivity index (χ0n) is 7.94. The molecule has 0 aliphatic heterocycles. The molecular weight excluding hydrogens is 174 g/mol. The summed E-state index contributed by atoms with van der Waals surface area (Å²) in [5.41, 5.74) is 7.65. The third-order valence-corrected chi connectivity index (χ3v) is 1.70. The quantitative estimate of drug-likeness (QED) is 0.434. The van der Waals surface area contributed by atoms with Crippen LogP contribution in [0.15, 0.2) is 35.3 Å². The van der Waals surface area contributed by atoms with Crippen molar-refractivity contribution in [3.63, 3.8) is 0 Å². The van der Waals surface area contributed by atoms with Gasteiger partial charge in [-0.15, -0.1) is 0 Å². The first-order valence-electron chi connectivity index (χ1n) is 4.19. The fraction of sp³-hybridized carbons (Fsp3) is 0.0909. The highest BCUT2D eigenvalue weighted by atomic mass is 14.8. The lowest BCUT2D eigenvalue weighted by Crippen LogP contribution is -2.06. The van der Waals surface area contributed by atoms with E-state index in [2.05, 4.69) is 4.99 Å². The molecule has 0 saturated heterocycles. The van der Waals surface area contributed by atoms with Crippen LogP contribution < -0.4 is 5.73 Å². The number of nitrogens with two attached hydrogens (primary N) is 1. The molecule has 0 fully saturated rings. The Kier molecular flexibility index (Phi) is 3.45. The van der Waals surface area contributed by atoms with Crippen LogP contribution in [0.2, 0.25) is 0 Å². The average molecular weight is 185 g/mol. The Morgan fingerprint density at radius 3 is 2.64 bits per heavy atom. The van der Waals surface area contributed by atoms with Gasteiger partial charge in [0.1, 0.15) is 5.84 Å². The molecule has 0 aliphatic rings. The maximum Gasteiger partial charge on any atom is 0.207 e. The summed E-state index contributed by atoms with van der Waals surface area (Å²) >= 11 is 0. The number of aliphatic imine (C=N–C) groups is 1. The molecule has 0 saturated carbocycles. The van der Waals surface area contributed by atoms with Crippen LogP contribution in [0.1, 0.15) is 11.1 Å². The number of rotatable bonds is 2. The molecule has 0 bridgehead atoms. The number of amidine groups is 1. The summed E-state index contributed by atoms with van der Waals surface area (Å²) in [4.78, 5) is 3.37. The third kappa shape index (κ3) is 3.11. The van der Waals surface area contributed by atoms with Crippen LogP contribution in [0.5, 0.6) is 0 Å². The van der Waals surface area contributed by atoms with Crippen LogP contribution >= 0.6 is 0 Å². The van der Waals surface area contributed by atoms with Crippen molar-refractivity contribution in [2.75, 3.05) is 0 Å². The molecule has 1 rings (SSSR count). The molecule has 0 heterocycles. The van der Waals surface area contributed by atoms with Gasteiger partial charge in [0, 0.05) is 0 Å². The fourth-order valence-electron chi connectivity index (χ4n) is 0.954. The fourth-order valence-corrected chi connectivity index (χ4v) is 0.954. The molecule has 0 atom stereocenters. The molecule has 3 nitrogen and oxygen atoms in total. The Balaban J connectivity index is 2.75. The first-order chi connectivity index (χ1) is 6.72. The summed E-state index contributed by atoms with van der Waals surface area (Å²) in [6, 6.07) is 7.98. The van der Waals surface area contributed by atoms with E-state index >= 15 is 0 Å². The van der Waals surface area contributed by atoms with Gasteiger partial charge in [-0.3, -0.25) is 0 Å². The van der Waals surface area contributed by atoms with Crippen LogP contribution in [0.25, 0.3) is 6.08 Å². The van der Waals surface area contributed by atoms with Crippen molar-refractivity contribution in [1.82, 2.24) is 0 Å². The second-order valence-corrected chi connectivity index (χ2v) is 2.88. The van der Waals surface area contributed by atoms with Crippen molar-refractivity contribution in [3.05, 3.63) is 41.5 Å². The molecule has 0 radical (unpaired) electrons. The molecule has 0 aliphatic carbocycles. The van der Waals surface area contributed by atoms with Crippen molar-refractivity contribution in [2.24, 2.45) is 10.7 Å². The van der Waals surface area contributed by atoms with E-state index in [1.165, 1.54) is 5.56 Å². The van der Waals surface area contributed by atoms with Crippen molar-refractivity contribution >= 4 is 11.9 Å². The molecule has 2 N–H and O–H groups in total. The molecule has 3 heteroatoms. The first-order valence-corrected chi connectivity index (χ1v) is 4.19. The van der Waals surface area contributed by atoms with E-state index in [0.717, 1.165) is 5.56 Å². The third-order valence-electron chi connectivity index (χ3n) is 1.70.